The van der Waals surface area contributed by atoms with Crippen LogP contribution in [-0.4, -0.2) is 28.7 Å². The van der Waals surface area contributed by atoms with Crippen molar-refractivity contribution >= 4 is 54.5 Å². The van der Waals surface area contributed by atoms with Gasteiger partial charge in [0, 0.05) is 55.6 Å². The zero-order chi connectivity index (χ0) is 42.8. The Bertz CT molecular complexity index is 3810. The minimum atomic E-state index is 0.574. The highest BCUT2D eigenvalue weighted by atomic mass is 15.2. The Morgan fingerprint density at radius 1 is 0.277 bits per heavy atom. The fraction of sp³-hybridized carbons (Fsp3) is 0. The van der Waals surface area contributed by atoms with Gasteiger partial charge in [0.1, 0.15) is 0 Å². The number of nitrogens with zero attached hydrogens (tertiary/aromatic N) is 6. The molecular formula is C59H38N6. The van der Waals surface area contributed by atoms with Gasteiger partial charge in [-0.15, -0.1) is 0 Å². The van der Waals surface area contributed by atoms with Crippen LogP contribution in [0.2, 0.25) is 0 Å². The highest BCUT2D eigenvalue weighted by Crippen LogP contribution is 2.41. The molecule has 0 aliphatic rings. The SMILES string of the molecule is c1ccc(-c2cc(-c3ccccc3)cc(-n3c4ccccc4c4ccc5c(ccn5-c5ccc6c(c5)c5ccccc5n6-c5nc(-c6ccccc6)nc(-c6ccccc6)n5)c43)c2)cc1. The van der Waals surface area contributed by atoms with E-state index < -0.39 is 0 Å². The summed E-state index contributed by atoms with van der Waals surface area (Å²) in [5, 5.41) is 5.86. The first-order chi connectivity index (χ1) is 32.2. The number of fused-ring (bicyclic) bond motifs is 8. The molecule has 0 N–H and O–H groups in total. The summed E-state index contributed by atoms with van der Waals surface area (Å²) in [5.41, 5.74) is 14.3. The largest absolute Gasteiger partial charge is 0.316 e. The lowest BCUT2D eigenvalue weighted by atomic mass is 9.98. The Hall–Kier alpha value is -8.87. The number of para-hydroxylation sites is 2. The summed E-state index contributed by atoms with van der Waals surface area (Å²) in [6.07, 6.45) is 2.21. The van der Waals surface area contributed by atoms with Gasteiger partial charge in [-0.05, 0) is 82.9 Å². The molecule has 9 aromatic carbocycles. The van der Waals surface area contributed by atoms with Gasteiger partial charge in [-0.2, -0.15) is 9.97 Å². The topological polar surface area (TPSA) is 53.5 Å². The molecule has 0 aliphatic carbocycles. The molecule has 0 aliphatic heterocycles. The van der Waals surface area contributed by atoms with Crippen molar-refractivity contribution in [2.24, 2.45) is 0 Å². The summed E-state index contributed by atoms with van der Waals surface area (Å²) in [5.74, 6) is 1.83. The lowest BCUT2D eigenvalue weighted by Gasteiger charge is -2.14. The highest BCUT2D eigenvalue weighted by molar-refractivity contribution is 6.19. The average Bonchev–Trinajstić information content (AvgIpc) is 4.07. The fourth-order valence-electron chi connectivity index (χ4n) is 9.73. The van der Waals surface area contributed by atoms with Crippen LogP contribution in [0.5, 0.6) is 0 Å². The molecular weight excluding hydrogens is 793 g/mol. The molecule has 0 amide bonds. The predicted molar refractivity (Wildman–Crippen MR) is 267 cm³/mol. The summed E-state index contributed by atoms with van der Waals surface area (Å²) >= 11 is 0. The second-order valence-corrected chi connectivity index (χ2v) is 16.5. The molecule has 0 spiro atoms. The van der Waals surface area contributed by atoms with E-state index in [0.29, 0.717) is 17.6 Å². The third-order valence-corrected chi connectivity index (χ3v) is 12.7. The lowest BCUT2D eigenvalue weighted by Crippen LogP contribution is -2.06. The van der Waals surface area contributed by atoms with Crippen molar-refractivity contribution in [1.29, 1.82) is 0 Å². The Morgan fingerprint density at radius 3 is 1.37 bits per heavy atom. The van der Waals surface area contributed by atoms with Crippen molar-refractivity contribution in [1.82, 2.24) is 28.7 Å². The van der Waals surface area contributed by atoms with Crippen molar-refractivity contribution in [3.05, 3.63) is 231 Å². The van der Waals surface area contributed by atoms with Crippen LogP contribution in [-0.2, 0) is 0 Å². The summed E-state index contributed by atoms with van der Waals surface area (Å²) in [7, 11) is 0. The Morgan fingerprint density at radius 2 is 0.769 bits per heavy atom. The average molecular weight is 831 g/mol. The Labute approximate surface area is 374 Å². The second-order valence-electron chi connectivity index (χ2n) is 16.5. The fourth-order valence-corrected chi connectivity index (χ4v) is 9.73. The van der Waals surface area contributed by atoms with Gasteiger partial charge >= 0.3 is 0 Å². The summed E-state index contributed by atoms with van der Waals surface area (Å²) in [4.78, 5) is 15.3. The number of hydrogen-bond acceptors (Lipinski definition) is 3. The molecule has 6 nitrogen and oxygen atoms in total. The van der Waals surface area contributed by atoms with E-state index in [-0.39, 0.29) is 0 Å². The maximum Gasteiger partial charge on any atom is 0.238 e. The summed E-state index contributed by atoms with van der Waals surface area (Å²) in [6, 6.07) is 79.6. The van der Waals surface area contributed by atoms with Crippen molar-refractivity contribution in [2.75, 3.05) is 0 Å². The van der Waals surface area contributed by atoms with E-state index in [1.807, 2.05) is 60.7 Å². The van der Waals surface area contributed by atoms with Crippen LogP contribution in [0.3, 0.4) is 0 Å². The van der Waals surface area contributed by atoms with E-state index in [0.717, 1.165) is 49.8 Å². The molecule has 13 rings (SSSR count). The molecule has 0 saturated heterocycles. The molecule has 6 heteroatoms. The molecule has 0 saturated carbocycles. The maximum atomic E-state index is 5.14. The molecule has 0 bridgehead atoms. The van der Waals surface area contributed by atoms with Crippen molar-refractivity contribution < 1.29 is 0 Å². The zero-order valence-electron chi connectivity index (χ0n) is 35.1. The number of aromatic nitrogens is 6. The second kappa shape index (κ2) is 14.9. The van der Waals surface area contributed by atoms with Crippen LogP contribution >= 0.6 is 0 Å². The van der Waals surface area contributed by atoms with Gasteiger partial charge in [0.25, 0.3) is 0 Å². The third-order valence-electron chi connectivity index (χ3n) is 12.7. The molecule has 13 aromatic rings. The normalized spacial score (nSPS) is 11.7. The van der Waals surface area contributed by atoms with Gasteiger partial charge in [0.15, 0.2) is 11.6 Å². The molecule has 65 heavy (non-hydrogen) atoms. The molecule has 304 valence electrons. The van der Waals surface area contributed by atoms with Gasteiger partial charge in [0.05, 0.1) is 27.6 Å². The van der Waals surface area contributed by atoms with Crippen LogP contribution < -0.4 is 0 Å². The van der Waals surface area contributed by atoms with Crippen molar-refractivity contribution in [3.8, 4) is 62.4 Å². The van der Waals surface area contributed by atoms with E-state index in [1.54, 1.807) is 0 Å². The molecule has 0 radical (unpaired) electrons. The summed E-state index contributed by atoms with van der Waals surface area (Å²) in [6.45, 7) is 0. The summed E-state index contributed by atoms with van der Waals surface area (Å²) < 4.78 is 6.97. The Balaban J connectivity index is 1.01. The number of hydrogen-bond donors (Lipinski definition) is 0. The van der Waals surface area contributed by atoms with Crippen LogP contribution in [0, 0.1) is 0 Å². The molecule has 4 aromatic heterocycles. The molecule has 0 atom stereocenters. The number of benzene rings is 9. The first-order valence-corrected chi connectivity index (χ1v) is 21.9. The quantitative estimate of drug-likeness (QED) is 0.161. The standard InChI is InChI=1S/C59H38N6/c1-5-17-39(18-6-1)43-35-44(40-19-7-2-8-20-40)37-46(36-43)64-53-27-15-13-25-47(53)49-30-32-52-50(56(49)64)33-34-63(52)45-29-31-55-51(38-45)48-26-14-16-28-54(48)65(55)59-61-57(41-21-9-3-10-22-41)60-58(62-59)42-23-11-4-12-24-42/h1-38H. The maximum absolute atomic E-state index is 5.14. The molecule has 0 fully saturated rings. The molecule has 0 unspecified atom stereocenters. The van der Waals surface area contributed by atoms with Gasteiger partial charge in [-0.3, -0.25) is 4.57 Å². The van der Waals surface area contributed by atoms with Crippen molar-refractivity contribution in [2.45, 2.75) is 0 Å². The van der Waals surface area contributed by atoms with Crippen LogP contribution in [0.4, 0.5) is 0 Å². The van der Waals surface area contributed by atoms with E-state index in [9.17, 15) is 0 Å². The van der Waals surface area contributed by atoms with E-state index in [1.165, 1.54) is 49.4 Å². The number of rotatable bonds is 7. The smallest absolute Gasteiger partial charge is 0.238 e. The first-order valence-electron chi connectivity index (χ1n) is 21.9. The zero-order valence-corrected chi connectivity index (χ0v) is 35.1. The van der Waals surface area contributed by atoms with Crippen LogP contribution in [0.1, 0.15) is 0 Å². The van der Waals surface area contributed by atoms with E-state index >= 15 is 0 Å². The monoisotopic (exact) mass is 830 g/mol. The minimum absolute atomic E-state index is 0.574. The Kier molecular flexibility index (Phi) is 8.42. The van der Waals surface area contributed by atoms with Crippen LogP contribution in [0.15, 0.2) is 231 Å². The van der Waals surface area contributed by atoms with Crippen molar-refractivity contribution in [3.63, 3.8) is 0 Å². The van der Waals surface area contributed by atoms with Gasteiger partial charge in [0.2, 0.25) is 5.95 Å². The predicted octanol–water partition coefficient (Wildman–Crippen LogP) is 14.7. The lowest BCUT2D eigenvalue weighted by molar-refractivity contribution is 0.953. The first kappa shape index (κ1) is 36.8. The van der Waals surface area contributed by atoms with Gasteiger partial charge < -0.3 is 9.13 Å². The highest BCUT2D eigenvalue weighted by Gasteiger charge is 2.21. The molecule has 4 heterocycles. The van der Waals surface area contributed by atoms with E-state index in [2.05, 4.69) is 184 Å². The van der Waals surface area contributed by atoms with E-state index in [4.69, 9.17) is 15.0 Å². The minimum Gasteiger partial charge on any atom is -0.316 e. The third kappa shape index (κ3) is 6.07. The van der Waals surface area contributed by atoms with Gasteiger partial charge in [-0.1, -0.05) is 164 Å². The van der Waals surface area contributed by atoms with Gasteiger partial charge in [-0.25, -0.2) is 4.98 Å². The van der Waals surface area contributed by atoms with Crippen LogP contribution in [0.25, 0.3) is 117 Å².